The van der Waals surface area contributed by atoms with Crippen molar-refractivity contribution in [2.45, 2.75) is 24.6 Å². The lowest BCUT2D eigenvalue weighted by molar-refractivity contribution is 0.559. The number of thiophene rings is 1. The van der Waals surface area contributed by atoms with E-state index in [2.05, 4.69) is 11.5 Å². The van der Waals surface area contributed by atoms with E-state index in [0.717, 1.165) is 17.7 Å². The average Bonchev–Trinajstić information content (AvgIpc) is 2.92. The molecule has 1 unspecified atom stereocenters. The summed E-state index contributed by atoms with van der Waals surface area (Å²) in [5.74, 6) is 7.62. The van der Waals surface area contributed by atoms with Crippen LogP contribution in [0, 0.1) is 5.82 Å². The molecule has 1 aromatic carbocycles. The Morgan fingerprint density at radius 2 is 2.24 bits per heavy atom. The van der Waals surface area contributed by atoms with Gasteiger partial charge in [0.15, 0.2) is 0 Å². The van der Waals surface area contributed by atoms with Crippen LogP contribution in [0.15, 0.2) is 24.3 Å². The van der Waals surface area contributed by atoms with Crippen molar-refractivity contribution in [2.75, 3.05) is 5.75 Å². The minimum Gasteiger partial charge on any atom is -0.271 e. The van der Waals surface area contributed by atoms with Gasteiger partial charge in [0.25, 0.3) is 0 Å². The number of nitrogens with one attached hydrogen (secondary N) is 1. The summed E-state index contributed by atoms with van der Waals surface area (Å²) in [6, 6.07) is 7.12. The zero-order valence-electron chi connectivity index (χ0n) is 11.4. The summed E-state index contributed by atoms with van der Waals surface area (Å²) in [6.45, 7) is 0. The Balaban J connectivity index is 1.81. The molecule has 0 aliphatic carbocycles. The van der Waals surface area contributed by atoms with Crippen molar-refractivity contribution in [2.24, 2.45) is 5.84 Å². The molecule has 0 saturated carbocycles. The summed E-state index contributed by atoms with van der Waals surface area (Å²) in [7, 11) is 0. The quantitative estimate of drug-likeness (QED) is 0.649. The van der Waals surface area contributed by atoms with E-state index in [1.807, 2.05) is 23.1 Å². The molecule has 0 bridgehead atoms. The lowest BCUT2D eigenvalue weighted by Crippen LogP contribution is -2.29. The van der Waals surface area contributed by atoms with Crippen molar-refractivity contribution in [1.82, 2.24) is 5.43 Å². The van der Waals surface area contributed by atoms with Crippen molar-refractivity contribution < 1.29 is 4.39 Å². The molecule has 0 saturated heterocycles. The highest BCUT2D eigenvalue weighted by Gasteiger charge is 2.19. The normalized spacial score (nSPS) is 15.8. The van der Waals surface area contributed by atoms with Crippen molar-refractivity contribution >= 4 is 34.7 Å². The fourth-order valence-electron chi connectivity index (χ4n) is 2.49. The maximum atomic E-state index is 13.2. The lowest BCUT2D eigenvalue weighted by atomic mass is 10.0. The third kappa shape index (κ3) is 3.43. The van der Waals surface area contributed by atoms with Crippen LogP contribution >= 0.6 is 34.7 Å². The van der Waals surface area contributed by atoms with Crippen LogP contribution in [-0.2, 0) is 18.6 Å². The van der Waals surface area contributed by atoms with Crippen LogP contribution in [0.25, 0.3) is 0 Å². The van der Waals surface area contributed by atoms with Crippen LogP contribution in [0.5, 0.6) is 0 Å². The van der Waals surface area contributed by atoms with Crippen LogP contribution in [0.3, 0.4) is 0 Å². The van der Waals surface area contributed by atoms with E-state index in [-0.39, 0.29) is 16.9 Å². The first-order chi connectivity index (χ1) is 10.2. The number of hydrogen-bond donors (Lipinski definition) is 2. The zero-order valence-corrected chi connectivity index (χ0v) is 13.8. The lowest BCUT2D eigenvalue weighted by Gasteiger charge is -2.14. The molecule has 2 aromatic rings. The molecule has 1 aliphatic heterocycles. The Labute approximate surface area is 136 Å². The minimum atomic E-state index is -0.388. The molecule has 0 fully saturated rings. The van der Waals surface area contributed by atoms with Crippen molar-refractivity contribution in [3.05, 3.63) is 56.0 Å². The van der Waals surface area contributed by atoms with E-state index in [1.165, 1.54) is 27.1 Å². The van der Waals surface area contributed by atoms with Gasteiger partial charge in [-0.15, -0.1) is 11.3 Å². The number of benzene rings is 1. The van der Waals surface area contributed by atoms with Gasteiger partial charge in [-0.05, 0) is 47.9 Å². The summed E-state index contributed by atoms with van der Waals surface area (Å²) in [5.41, 5.74) is 5.29. The van der Waals surface area contributed by atoms with E-state index in [0.29, 0.717) is 6.42 Å². The van der Waals surface area contributed by atoms with E-state index in [4.69, 9.17) is 17.4 Å². The predicted octanol–water partition coefficient (Wildman–Crippen LogP) is 4.08. The first-order valence-corrected chi connectivity index (χ1v) is 9.11. The number of fused-ring (bicyclic) bond motifs is 1. The molecule has 0 amide bonds. The Kier molecular flexibility index (Phi) is 4.86. The van der Waals surface area contributed by atoms with Crippen molar-refractivity contribution in [1.29, 1.82) is 0 Å². The molecular weight excluding hydrogens is 327 g/mol. The molecule has 1 atom stereocenters. The number of thioether (sulfide) groups is 1. The third-order valence-corrected chi connectivity index (χ3v) is 6.26. The fraction of sp³-hybridized carbons (Fsp3) is 0.333. The van der Waals surface area contributed by atoms with Crippen molar-refractivity contribution in [3.63, 3.8) is 0 Å². The number of aryl methyl sites for hydroxylation is 1. The molecule has 3 rings (SSSR count). The van der Waals surface area contributed by atoms with Crippen LogP contribution in [0.2, 0.25) is 5.02 Å². The highest BCUT2D eigenvalue weighted by atomic mass is 35.5. The van der Waals surface area contributed by atoms with Gasteiger partial charge in [0.1, 0.15) is 5.82 Å². The van der Waals surface area contributed by atoms with Gasteiger partial charge in [-0.1, -0.05) is 17.7 Å². The second-order valence-electron chi connectivity index (χ2n) is 5.07. The van der Waals surface area contributed by atoms with E-state index in [1.54, 1.807) is 12.1 Å². The first-order valence-electron chi connectivity index (χ1n) is 6.76. The summed E-state index contributed by atoms with van der Waals surface area (Å²) in [6.07, 6.45) is 1.84. The van der Waals surface area contributed by atoms with Gasteiger partial charge in [-0.2, -0.15) is 11.8 Å². The van der Waals surface area contributed by atoms with Crippen LogP contribution < -0.4 is 11.3 Å². The zero-order chi connectivity index (χ0) is 14.8. The highest BCUT2D eigenvalue weighted by molar-refractivity contribution is 7.98. The molecule has 3 N–H and O–H groups in total. The van der Waals surface area contributed by atoms with Crippen LogP contribution in [-0.4, -0.2) is 5.75 Å². The molecular formula is C15H16ClFN2S2. The Morgan fingerprint density at radius 3 is 2.95 bits per heavy atom. The molecule has 21 heavy (non-hydrogen) atoms. The smallest absolute Gasteiger partial charge is 0.141 e. The summed E-state index contributed by atoms with van der Waals surface area (Å²) in [5, 5.41) is 0.158. The molecule has 1 aromatic heterocycles. The maximum Gasteiger partial charge on any atom is 0.141 e. The number of rotatable bonds is 4. The second kappa shape index (κ2) is 6.67. The van der Waals surface area contributed by atoms with Gasteiger partial charge in [0.2, 0.25) is 0 Å². The second-order valence-corrected chi connectivity index (χ2v) is 7.75. The third-order valence-electron chi connectivity index (χ3n) is 3.62. The number of hydrogen-bond acceptors (Lipinski definition) is 4. The molecule has 0 spiro atoms. The monoisotopic (exact) mass is 342 g/mol. The molecule has 0 radical (unpaired) electrons. The van der Waals surface area contributed by atoms with E-state index < -0.39 is 0 Å². The Bertz CT molecular complexity index is 621. The summed E-state index contributed by atoms with van der Waals surface area (Å²) >= 11 is 9.65. The highest BCUT2D eigenvalue weighted by Crippen LogP contribution is 2.35. The van der Waals surface area contributed by atoms with Gasteiger partial charge in [-0.3, -0.25) is 11.3 Å². The molecule has 2 nitrogen and oxygen atoms in total. The van der Waals surface area contributed by atoms with Crippen molar-refractivity contribution in [3.8, 4) is 0 Å². The van der Waals surface area contributed by atoms with E-state index in [9.17, 15) is 4.39 Å². The van der Waals surface area contributed by atoms with Gasteiger partial charge in [0.05, 0.1) is 11.1 Å². The molecule has 112 valence electrons. The summed E-state index contributed by atoms with van der Waals surface area (Å²) in [4.78, 5) is 2.71. The SMILES string of the molecule is NNC(Cc1ccc(F)c(Cl)c1)c1cc2c(s1)CCSC2. The van der Waals surface area contributed by atoms with E-state index >= 15 is 0 Å². The average molecular weight is 343 g/mol. The van der Waals surface area contributed by atoms with Gasteiger partial charge in [-0.25, -0.2) is 4.39 Å². The maximum absolute atomic E-state index is 13.2. The predicted molar refractivity (Wildman–Crippen MR) is 89.4 cm³/mol. The topological polar surface area (TPSA) is 38.0 Å². The van der Waals surface area contributed by atoms with Gasteiger partial charge < -0.3 is 0 Å². The Hall–Kier alpha value is -0.590. The molecule has 1 aliphatic rings. The number of halogens is 2. The summed E-state index contributed by atoms with van der Waals surface area (Å²) < 4.78 is 13.2. The fourth-order valence-corrected chi connectivity index (χ4v) is 5.13. The van der Waals surface area contributed by atoms with Gasteiger partial charge >= 0.3 is 0 Å². The largest absolute Gasteiger partial charge is 0.271 e. The van der Waals surface area contributed by atoms with Crippen LogP contribution in [0.1, 0.15) is 26.9 Å². The van der Waals surface area contributed by atoms with Gasteiger partial charge in [0, 0.05) is 15.5 Å². The Morgan fingerprint density at radius 1 is 1.38 bits per heavy atom. The molecule has 2 heterocycles. The number of nitrogens with two attached hydrogens (primary N) is 1. The first kappa shape index (κ1) is 15.3. The number of hydrazine groups is 1. The minimum absolute atomic E-state index is 0.0344. The van der Waals surface area contributed by atoms with Crippen LogP contribution in [0.4, 0.5) is 4.39 Å². The molecule has 6 heteroatoms. The standard InChI is InChI=1S/C15H16ClFN2S2/c16-11-5-9(1-2-12(11)17)6-13(19-18)15-7-10-8-20-4-3-14(10)21-15/h1-2,5,7,13,19H,3-4,6,8,18H2.